The Balaban J connectivity index is 1.61. The molecule has 1 aliphatic heterocycles. The van der Waals surface area contributed by atoms with Crippen LogP contribution in [0.1, 0.15) is 30.0 Å². The maximum atomic E-state index is 13.7. The number of nitrogen functional groups attached to an aromatic ring is 1. The van der Waals surface area contributed by atoms with Gasteiger partial charge >= 0.3 is 0 Å². The number of likely N-dealkylation sites (tertiary alicyclic amines) is 1. The number of hydrogen-bond acceptors (Lipinski definition) is 5. The van der Waals surface area contributed by atoms with Crippen LogP contribution in [0.25, 0.3) is 11.1 Å². The Morgan fingerprint density at radius 1 is 1.19 bits per heavy atom. The Bertz CT molecular complexity index is 915. The summed E-state index contributed by atoms with van der Waals surface area (Å²) in [5.74, 6) is 0.235. The number of hydrogen-bond donors (Lipinski definition) is 1. The first-order valence-corrected chi connectivity index (χ1v) is 9.18. The molecule has 0 aliphatic carbocycles. The van der Waals surface area contributed by atoms with Crippen LogP contribution in [-0.4, -0.2) is 32.9 Å². The third-order valence-electron chi connectivity index (χ3n) is 5.02. The minimum atomic E-state index is -0.266. The highest BCUT2D eigenvalue weighted by molar-refractivity contribution is 5.66. The van der Waals surface area contributed by atoms with E-state index in [0.29, 0.717) is 0 Å². The molecule has 1 saturated heterocycles. The van der Waals surface area contributed by atoms with Gasteiger partial charge in [0.25, 0.3) is 0 Å². The zero-order valence-corrected chi connectivity index (χ0v) is 15.1. The molecule has 4 rings (SSSR count). The number of nitrogens with two attached hydrogens (primary N) is 1. The van der Waals surface area contributed by atoms with Crippen molar-refractivity contribution >= 4 is 5.95 Å². The van der Waals surface area contributed by atoms with Gasteiger partial charge in [-0.1, -0.05) is 12.1 Å². The third-order valence-corrected chi connectivity index (χ3v) is 5.02. The second kappa shape index (κ2) is 7.80. The first kappa shape index (κ1) is 17.5. The topological polar surface area (TPSA) is 67.9 Å². The predicted octanol–water partition coefficient (Wildman–Crippen LogP) is 3.64. The van der Waals surface area contributed by atoms with Crippen molar-refractivity contribution in [2.24, 2.45) is 0 Å². The highest BCUT2D eigenvalue weighted by atomic mass is 19.1. The van der Waals surface area contributed by atoms with E-state index in [1.165, 1.54) is 17.7 Å². The predicted molar refractivity (Wildman–Crippen MR) is 103 cm³/mol. The molecule has 2 N–H and O–H groups in total. The maximum Gasteiger partial charge on any atom is 0.220 e. The van der Waals surface area contributed by atoms with E-state index in [4.69, 9.17) is 5.73 Å². The molecule has 5 nitrogen and oxygen atoms in total. The molecule has 0 spiro atoms. The van der Waals surface area contributed by atoms with Crippen LogP contribution >= 0.6 is 0 Å². The van der Waals surface area contributed by atoms with Crippen molar-refractivity contribution in [3.63, 3.8) is 0 Å². The normalized spacial score (nSPS) is 17.7. The molecule has 138 valence electrons. The van der Waals surface area contributed by atoms with Crippen LogP contribution in [0, 0.1) is 5.82 Å². The summed E-state index contributed by atoms with van der Waals surface area (Å²) in [7, 11) is 0. The summed E-state index contributed by atoms with van der Waals surface area (Å²) in [5, 5.41) is 0. The first-order valence-electron chi connectivity index (χ1n) is 9.18. The molecule has 3 aromatic rings. The molecule has 2 aromatic heterocycles. The summed E-state index contributed by atoms with van der Waals surface area (Å²) in [5.41, 5.74) is 9.69. The third kappa shape index (κ3) is 4.11. The fourth-order valence-corrected chi connectivity index (χ4v) is 3.77. The standard InChI is InChI=1S/C21H22FN5/c22-18-5-1-3-16(11-18)19-12-25-21(23)26-20(19)17-4-2-10-27(14-17)13-15-6-8-24-9-7-15/h1,3,5-9,11-12,17H,2,4,10,13-14H2,(H2,23,25,26)/t17-/m0/s1. The molecule has 1 atom stereocenters. The Kier molecular flexibility index (Phi) is 5.07. The van der Waals surface area contributed by atoms with Crippen LogP contribution in [0.4, 0.5) is 10.3 Å². The summed E-state index contributed by atoms with van der Waals surface area (Å²) >= 11 is 0. The molecular formula is C21H22FN5. The van der Waals surface area contributed by atoms with E-state index >= 15 is 0 Å². The Morgan fingerprint density at radius 3 is 2.85 bits per heavy atom. The summed E-state index contributed by atoms with van der Waals surface area (Å²) < 4.78 is 13.7. The molecular weight excluding hydrogens is 341 g/mol. The molecule has 1 aliphatic rings. The second-order valence-electron chi connectivity index (χ2n) is 6.97. The molecule has 6 heteroatoms. The zero-order chi connectivity index (χ0) is 18.6. The maximum absolute atomic E-state index is 13.7. The minimum absolute atomic E-state index is 0.240. The van der Waals surface area contributed by atoms with Gasteiger partial charge in [-0.3, -0.25) is 9.88 Å². The van der Waals surface area contributed by atoms with Crippen molar-refractivity contribution in [3.8, 4) is 11.1 Å². The van der Waals surface area contributed by atoms with Crippen molar-refractivity contribution in [1.82, 2.24) is 19.9 Å². The average Bonchev–Trinajstić information content (AvgIpc) is 2.69. The van der Waals surface area contributed by atoms with Crippen molar-refractivity contribution in [2.45, 2.75) is 25.3 Å². The van der Waals surface area contributed by atoms with Gasteiger partial charge in [0.15, 0.2) is 0 Å². The van der Waals surface area contributed by atoms with Crippen LogP contribution in [0.5, 0.6) is 0 Å². The van der Waals surface area contributed by atoms with Crippen LogP contribution in [0.3, 0.4) is 0 Å². The highest BCUT2D eigenvalue weighted by Crippen LogP contribution is 2.33. The summed E-state index contributed by atoms with van der Waals surface area (Å²) in [6.07, 6.45) is 7.48. The van der Waals surface area contributed by atoms with Gasteiger partial charge in [-0.25, -0.2) is 14.4 Å². The molecule has 27 heavy (non-hydrogen) atoms. The number of pyridine rings is 1. The lowest BCUT2D eigenvalue weighted by Gasteiger charge is -2.33. The largest absolute Gasteiger partial charge is 0.368 e. The number of benzene rings is 1. The fourth-order valence-electron chi connectivity index (χ4n) is 3.77. The molecule has 0 saturated carbocycles. The number of rotatable bonds is 4. The van der Waals surface area contributed by atoms with Gasteiger partial charge < -0.3 is 5.73 Å². The van der Waals surface area contributed by atoms with Crippen molar-refractivity contribution in [3.05, 3.63) is 72.1 Å². The molecule has 0 amide bonds. The second-order valence-corrected chi connectivity index (χ2v) is 6.97. The van der Waals surface area contributed by atoms with Gasteiger partial charge in [0.05, 0.1) is 5.69 Å². The molecule has 3 heterocycles. The van der Waals surface area contributed by atoms with Gasteiger partial charge in [0, 0.05) is 43.2 Å². The zero-order valence-electron chi connectivity index (χ0n) is 15.1. The Morgan fingerprint density at radius 2 is 2.04 bits per heavy atom. The van der Waals surface area contributed by atoms with E-state index < -0.39 is 0 Å². The lowest BCUT2D eigenvalue weighted by atomic mass is 9.89. The number of anilines is 1. The summed E-state index contributed by atoms with van der Waals surface area (Å²) in [6.45, 7) is 2.82. The van der Waals surface area contributed by atoms with E-state index in [-0.39, 0.29) is 17.7 Å². The molecule has 1 aromatic carbocycles. The molecule has 1 fully saturated rings. The van der Waals surface area contributed by atoms with Crippen molar-refractivity contribution in [1.29, 1.82) is 0 Å². The smallest absolute Gasteiger partial charge is 0.220 e. The van der Waals surface area contributed by atoms with Gasteiger partial charge in [-0.05, 0) is 54.8 Å². The summed E-state index contributed by atoms with van der Waals surface area (Å²) in [4.78, 5) is 15.2. The Labute approximate surface area is 158 Å². The van der Waals surface area contributed by atoms with E-state index in [1.54, 1.807) is 12.3 Å². The minimum Gasteiger partial charge on any atom is -0.368 e. The number of nitrogens with zero attached hydrogens (tertiary/aromatic N) is 4. The quantitative estimate of drug-likeness (QED) is 0.766. The van der Waals surface area contributed by atoms with Gasteiger partial charge in [-0.15, -0.1) is 0 Å². The van der Waals surface area contributed by atoms with E-state index in [2.05, 4.69) is 19.9 Å². The van der Waals surface area contributed by atoms with Crippen LogP contribution in [0.2, 0.25) is 0 Å². The number of piperidine rings is 1. The highest BCUT2D eigenvalue weighted by Gasteiger charge is 2.25. The van der Waals surface area contributed by atoms with E-state index in [9.17, 15) is 4.39 Å². The van der Waals surface area contributed by atoms with E-state index in [0.717, 1.165) is 49.3 Å². The first-order chi connectivity index (χ1) is 13.2. The monoisotopic (exact) mass is 363 g/mol. The fraction of sp³-hybridized carbons (Fsp3) is 0.286. The van der Waals surface area contributed by atoms with Gasteiger partial charge in [0.2, 0.25) is 5.95 Å². The number of halogens is 1. The Hall–Kier alpha value is -2.86. The van der Waals surface area contributed by atoms with Crippen LogP contribution < -0.4 is 5.73 Å². The van der Waals surface area contributed by atoms with Crippen molar-refractivity contribution in [2.75, 3.05) is 18.8 Å². The van der Waals surface area contributed by atoms with Crippen molar-refractivity contribution < 1.29 is 4.39 Å². The molecule has 0 unspecified atom stereocenters. The summed E-state index contributed by atoms with van der Waals surface area (Å²) in [6, 6.07) is 10.7. The SMILES string of the molecule is Nc1ncc(-c2cccc(F)c2)c([C@H]2CCCN(Cc3ccncc3)C2)n1. The lowest BCUT2D eigenvalue weighted by Crippen LogP contribution is -2.34. The van der Waals surface area contributed by atoms with Crippen LogP contribution in [-0.2, 0) is 6.54 Å². The average molecular weight is 363 g/mol. The number of aromatic nitrogens is 3. The molecule has 0 radical (unpaired) electrons. The van der Waals surface area contributed by atoms with Gasteiger partial charge in [-0.2, -0.15) is 0 Å². The lowest BCUT2D eigenvalue weighted by molar-refractivity contribution is 0.198. The molecule has 0 bridgehead atoms. The van der Waals surface area contributed by atoms with E-state index in [1.807, 2.05) is 30.6 Å². The van der Waals surface area contributed by atoms with Gasteiger partial charge in [0.1, 0.15) is 5.82 Å². The van der Waals surface area contributed by atoms with Crippen LogP contribution in [0.15, 0.2) is 55.0 Å².